The molecule has 0 heterocycles. The maximum Gasteiger partial charge on any atom is 0.421 e. The molecule has 0 aromatic carbocycles. The van der Waals surface area contributed by atoms with Gasteiger partial charge in [-0.25, -0.2) is 4.57 Å². The van der Waals surface area contributed by atoms with Crippen LogP contribution >= 0.6 is 18.2 Å². The van der Waals surface area contributed by atoms with Crippen molar-refractivity contribution in [1.82, 2.24) is 0 Å². The summed E-state index contributed by atoms with van der Waals surface area (Å²) in [6.45, 7) is -4.02. The molecule has 0 aliphatic rings. The van der Waals surface area contributed by atoms with Crippen LogP contribution in [0.15, 0.2) is 0 Å². The molecule has 0 aliphatic carbocycles. The summed E-state index contributed by atoms with van der Waals surface area (Å²) in [6, 6.07) is 0. The number of nitrogens with one attached hydrogen (secondary N) is 1. The molecule has 78 valence electrons. The Kier molecular flexibility index (Phi) is 6.55. The zero-order chi connectivity index (χ0) is 10.3. The average Bonchev–Trinajstić information content (AvgIpc) is 2.01. The van der Waals surface area contributed by atoms with Crippen LogP contribution in [0.4, 0.5) is 0 Å². The summed E-state index contributed by atoms with van der Waals surface area (Å²) in [4.78, 5) is 8.49. The minimum atomic E-state index is -3.87. The Morgan fingerprint density at radius 1 is 1.54 bits per heavy atom. The van der Waals surface area contributed by atoms with Gasteiger partial charge in [0.15, 0.2) is 0 Å². The molecule has 0 fully saturated rings. The maximum absolute atomic E-state index is 10.4. The van der Waals surface area contributed by atoms with Crippen LogP contribution < -0.4 is 0 Å². The van der Waals surface area contributed by atoms with Crippen molar-refractivity contribution in [1.29, 1.82) is 5.41 Å². The molecule has 0 aromatic rings. The van der Waals surface area contributed by atoms with Crippen LogP contribution in [-0.4, -0.2) is 28.9 Å². The van der Waals surface area contributed by atoms with Crippen LogP contribution in [0.25, 0.3) is 0 Å². The molecule has 0 bridgehead atoms. The van der Waals surface area contributed by atoms with Crippen LogP contribution in [0.2, 0.25) is 0 Å². The van der Waals surface area contributed by atoms with E-state index in [1.54, 1.807) is 0 Å². The highest BCUT2D eigenvalue weighted by Gasteiger charge is 2.12. The Labute approximate surface area is 81.5 Å². The highest BCUT2D eigenvalue weighted by Crippen LogP contribution is 2.47. The van der Waals surface area contributed by atoms with E-state index in [4.69, 9.17) is 26.7 Å². The number of hydrogen-bond donors (Lipinski definition) is 3. The zero-order valence-electron chi connectivity index (χ0n) is 7.07. The first-order valence-electron chi connectivity index (χ1n) is 3.80. The quantitative estimate of drug-likeness (QED) is 0.351. The van der Waals surface area contributed by atoms with Crippen LogP contribution in [-0.2, 0) is 9.09 Å². The lowest BCUT2D eigenvalue weighted by atomic mass is 10.2. The van der Waals surface area contributed by atoms with Gasteiger partial charge in [-0.1, -0.05) is 0 Å². The molecule has 0 aromatic heterocycles. The molecule has 0 saturated carbocycles. The maximum atomic E-state index is 10.4. The molecule has 13 heavy (non-hydrogen) atoms. The number of halogens is 1. The molecule has 0 spiro atoms. The molecule has 3 N–H and O–H groups in total. The number of unbranched alkanes of at least 4 members (excludes halogenated alkanes) is 1. The Morgan fingerprint density at radius 3 is 2.62 bits per heavy atom. The van der Waals surface area contributed by atoms with Gasteiger partial charge in [-0.2, -0.15) is 0 Å². The summed E-state index contributed by atoms with van der Waals surface area (Å²) in [5, 5.41) is 15.5. The van der Waals surface area contributed by atoms with Crippen molar-refractivity contribution in [3.8, 4) is 0 Å². The molecule has 5 nitrogen and oxygen atoms in total. The van der Waals surface area contributed by atoms with Crippen LogP contribution in [0.3, 0.4) is 0 Å². The van der Waals surface area contributed by atoms with Gasteiger partial charge in [0.05, 0.1) is 13.2 Å². The third-order valence-corrected chi connectivity index (χ3v) is 2.11. The smallest absolute Gasteiger partial charge is 0.390 e. The zero-order valence-corrected chi connectivity index (χ0v) is 8.72. The summed E-state index contributed by atoms with van der Waals surface area (Å²) < 4.78 is 14.8. The van der Waals surface area contributed by atoms with E-state index in [2.05, 4.69) is 4.52 Å². The van der Waals surface area contributed by atoms with Gasteiger partial charge in [-0.15, -0.1) is 0 Å². The number of hydrogen-bond acceptors (Lipinski definition) is 4. The minimum absolute atomic E-state index is 0.0932. The Hall–Kier alpha value is 0.0700. The number of aliphatic hydroxyl groups excluding tert-OH is 1. The molecule has 0 aliphatic heterocycles. The molecule has 7 heteroatoms. The average molecular weight is 230 g/mol. The van der Waals surface area contributed by atoms with Gasteiger partial charge in [0.2, 0.25) is 0 Å². The second kappa shape index (κ2) is 6.51. The second-order valence-corrected chi connectivity index (χ2v) is 4.95. The van der Waals surface area contributed by atoms with E-state index in [0.717, 1.165) is 0 Å². The highest BCUT2D eigenvalue weighted by atomic mass is 35.7. The summed E-state index contributed by atoms with van der Waals surface area (Å²) in [5.74, 6) is 0. The van der Waals surface area contributed by atoms with E-state index in [-0.39, 0.29) is 18.9 Å². The lowest BCUT2D eigenvalue weighted by Gasteiger charge is -2.04. The van der Waals surface area contributed by atoms with Crippen molar-refractivity contribution in [3.63, 3.8) is 0 Å². The van der Waals surface area contributed by atoms with Gasteiger partial charge < -0.3 is 15.4 Å². The van der Waals surface area contributed by atoms with E-state index in [1.165, 1.54) is 0 Å². The van der Waals surface area contributed by atoms with Crippen molar-refractivity contribution >= 4 is 23.9 Å². The van der Waals surface area contributed by atoms with Gasteiger partial charge >= 0.3 is 6.95 Å². The molecular formula is C6H13ClNO4P. The summed E-state index contributed by atoms with van der Waals surface area (Å²) in [7, 11) is 0. The molecule has 0 radical (unpaired) electrons. The molecule has 0 amide bonds. The van der Waals surface area contributed by atoms with E-state index in [0.29, 0.717) is 19.3 Å². The third-order valence-electron chi connectivity index (χ3n) is 1.31. The molecule has 0 rings (SSSR count). The van der Waals surface area contributed by atoms with Crippen molar-refractivity contribution < 1.29 is 19.1 Å². The van der Waals surface area contributed by atoms with Crippen LogP contribution in [0.5, 0.6) is 0 Å². The van der Waals surface area contributed by atoms with Crippen LogP contribution in [0.1, 0.15) is 19.3 Å². The number of aliphatic hydroxyl groups is 1. The van der Waals surface area contributed by atoms with Crippen molar-refractivity contribution in [2.75, 3.05) is 13.2 Å². The van der Waals surface area contributed by atoms with Crippen molar-refractivity contribution in [3.05, 3.63) is 0 Å². The van der Waals surface area contributed by atoms with E-state index < -0.39 is 6.95 Å². The van der Waals surface area contributed by atoms with Gasteiger partial charge in [-0.3, -0.25) is 4.52 Å². The third kappa shape index (κ3) is 9.99. The first-order chi connectivity index (χ1) is 5.95. The standard InChI is InChI=1S/C6H13ClNO4P/c7-13(10,11)12-4-2-1-3-6(8)5-9/h8-9H,1-5H2,(H,10,11). The monoisotopic (exact) mass is 229 g/mol. The van der Waals surface area contributed by atoms with Crippen molar-refractivity contribution in [2.24, 2.45) is 0 Å². The van der Waals surface area contributed by atoms with E-state index >= 15 is 0 Å². The predicted molar refractivity (Wildman–Crippen MR) is 50.3 cm³/mol. The summed E-state index contributed by atoms with van der Waals surface area (Å²) in [6.07, 6.45) is 1.65. The largest absolute Gasteiger partial charge is 0.421 e. The van der Waals surface area contributed by atoms with Gasteiger partial charge in [0.1, 0.15) is 0 Å². The first kappa shape index (κ1) is 13.1. The summed E-state index contributed by atoms with van der Waals surface area (Å²) >= 11 is 4.91. The van der Waals surface area contributed by atoms with Gasteiger partial charge in [0, 0.05) is 17.0 Å². The molecular weight excluding hydrogens is 216 g/mol. The second-order valence-electron chi connectivity index (χ2n) is 2.50. The van der Waals surface area contributed by atoms with Crippen LogP contribution in [0, 0.1) is 5.41 Å². The lowest BCUT2D eigenvalue weighted by molar-refractivity contribution is 0.268. The Bertz CT molecular complexity index is 205. The molecule has 1 unspecified atom stereocenters. The fourth-order valence-corrected chi connectivity index (χ4v) is 1.26. The molecule has 1 atom stereocenters. The Balaban J connectivity index is 3.27. The predicted octanol–water partition coefficient (Wildman–Crippen LogP) is 1.52. The number of rotatable bonds is 7. The van der Waals surface area contributed by atoms with E-state index in [1.807, 2.05) is 0 Å². The fraction of sp³-hybridized carbons (Fsp3) is 0.833. The normalized spacial score (nSPS) is 15.3. The highest BCUT2D eigenvalue weighted by molar-refractivity contribution is 7.80. The minimum Gasteiger partial charge on any atom is -0.390 e. The van der Waals surface area contributed by atoms with Gasteiger partial charge in [-0.05, 0) is 19.3 Å². The van der Waals surface area contributed by atoms with Gasteiger partial charge in [0.25, 0.3) is 0 Å². The Morgan fingerprint density at radius 2 is 2.15 bits per heavy atom. The molecule has 0 saturated heterocycles. The fourth-order valence-electron chi connectivity index (χ4n) is 0.697. The SMILES string of the molecule is N=C(CO)CCCCOP(=O)(O)Cl. The topological polar surface area (TPSA) is 90.6 Å². The van der Waals surface area contributed by atoms with E-state index in [9.17, 15) is 4.57 Å². The van der Waals surface area contributed by atoms with Crippen molar-refractivity contribution in [2.45, 2.75) is 19.3 Å². The lowest BCUT2D eigenvalue weighted by Crippen LogP contribution is -2.02. The first-order valence-corrected chi connectivity index (χ1v) is 6.28. The summed E-state index contributed by atoms with van der Waals surface area (Å²) in [5.41, 5.74) is 0.248.